The van der Waals surface area contributed by atoms with Crippen molar-refractivity contribution in [3.8, 4) is 5.75 Å². The first-order chi connectivity index (χ1) is 13.5. The Balaban J connectivity index is 1.52. The molecular formula is C21H22Cl2N2O3. The number of ether oxygens (including phenoxy) is 1. The number of para-hydroxylation sites is 1. The lowest BCUT2D eigenvalue weighted by atomic mass is 10.1. The van der Waals surface area contributed by atoms with Crippen molar-refractivity contribution in [1.29, 1.82) is 0 Å². The third-order valence-corrected chi connectivity index (χ3v) is 5.43. The number of carbonyl (C=O) groups excluding carboxylic acids is 2. The summed E-state index contributed by atoms with van der Waals surface area (Å²) in [6.45, 7) is 1.30. The number of amides is 2. The molecule has 1 fully saturated rings. The minimum atomic E-state index is -0.345. The predicted octanol–water partition coefficient (Wildman–Crippen LogP) is 3.71. The molecule has 1 aliphatic heterocycles. The highest BCUT2D eigenvalue weighted by Crippen LogP contribution is 2.25. The molecule has 148 valence electrons. The van der Waals surface area contributed by atoms with Crippen molar-refractivity contribution in [2.45, 2.75) is 19.4 Å². The van der Waals surface area contributed by atoms with Gasteiger partial charge in [-0.1, -0.05) is 47.5 Å². The monoisotopic (exact) mass is 420 g/mol. The van der Waals surface area contributed by atoms with E-state index < -0.39 is 0 Å². The molecule has 5 nitrogen and oxygen atoms in total. The van der Waals surface area contributed by atoms with Crippen LogP contribution < -0.4 is 10.1 Å². The van der Waals surface area contributed by atoms with Crippen LogP contribution in [0.5, 0.6) is 5.75 Å². The summed E-state index contributed by atoms with van der Waals surface area (Å²) in [6, 6.07) is 12.9. The summed E-state index contributed by atoms with van der Waals surface area (Å²) in [5, 5.41) is 4.07. The van der Waals surface area contributed by atoms with Crippen molar-refractivity contribution in [1.82, 2.24) is 10.2 Å². The third kappa shape index (κ3) is 4.97. The standard InChI is InChI=1S/C21H22Cl2N2O3/c1-28-19-5-3-2-4-15(19)12-25-13-16(10-20(25)26)21(27)24-9-8-14-6-7-17(22)11-18(14)23/h2-7,11,16H,8-10,12-13H2,1H3,(H,24,27)/t16-/m0/s1. The quantitative estimate of drug-likeness (QED) is 0.742. The Bertz CT molecular complexity index is 872. The van der Waals surface area contributed by atoms with E-state index in [1.165, 1.54) is 0 Å². The van der Waals surface area contributed by atoms with Crippen molar-refractivity contribution < 1.29 is 14.3 Å². The number of carbonyl (C=O) groups is 2. The molecule has 2 amide bonds. The summed E-state index contributed by atoms with van der Waals surface area (Å²) in [4.78, 5) is 26.5. The summed E-state index contributed by atoms with van der Waals surface area (Å²) in [5.74, 6) is 0.263. The number of likely N-dealkylation sites (tertiary alicyclic amines) is 1. The first-order valence-electron chi connectivity index (χ1n) is 9.09. The van der Waals surface area contributed by atoms with Gasteiger partial charge in [0.2, 0.25) is 11.8 Å². The molecule has 1 heterocycles. The molecule has 0 aliphatic carbocycles. The molecule has 1 atom stereocenters. The Hall–Kier alpha value is -2.24. The van der Waals surface area contributed by atoms with E-state index in [4.69, 9.17) is 27.9 Å². The average molecular weight is 421 g/mol. The Morgan fingerprint density at radius 3 is 2.75 bits per heavy atom. The summed E-state index contributed by atoms with van der Waals surface area (Å²) in [7, 11) is 1.60. The predicted molar refractivity (Wildman–Crippen MR) is 110 cm³/mol. The topological polar surface area (TPSA) is 58.6 Å². The molecule has 7 heteroatoms. The van der Waals surface area contributed by atoms with Gasteiger partial charge in [0.25, 0.3) is 0 Å². The molecular weight excluding hydrogens is 399 g/mol. The van der Waals surface area contributed by atoms with E-state index in [2.05, 4.69) is 5.32 Å². The zero-order valence-electron chi connectivity index (χ0n) is 15.6. The van der Waals surface area contributed by atoms with E-state index in [1.54, 1.807) is 24.1 Å². The molecule has 0 saturated carbocycles. The Morgan fingerprint density at radius 1 is 1.21 bits per heavy atom. The number of rotatable bonds is 7. The van der Waals surface area contributed by atoms with Crippen LogP contribution >= 0.6 is 23.2 Å². The second-order valence-corrected chi connectivity index (χ2v) is 7.61. The number of halogens is 2. The van der Waals surface area contributed by atoms with Crippen molar-refractivity contribution >= 4 is 35.0 Å². The zero-order valence-corrected chi connectivity index (χ0v) is 17.1. The molecule has 2 aromatic rings. The molecule has 0 bridgehead atoms. The summed E-state index contributed by atoms with van der Waals surface area (Å²) in [6.07, 6.45) is 0.829. The van der Waals surface area contributed by atoms with E-state index >= 15 is 0 Å². The fraction of sp³-hybridized carbons (Fsp3) is 0.333. The second kappa shape index (κ2) is 9.30. The molecule has 1 aliphatic rings. The fourth-order valence-corrected chi connectivity index (χ4v) is 3.83. The summed E-state index contributed by atoms with van der Waals surface area (Å²) in [5.41, 5.74) is 1.85. The highest BCUT2D eigenvalue weighted by molar-refractivity contribution is 6.35. The van der Waals surface area contributed by atoms with Crippen LogP contribution in [-0.4, -0.2) is 36.9 Å². The van der Waals surface area contributed by atoms with E-state index in [0.717, 1.165) is 16.9 Å². The van der Waals surface area contributed by atoms with Crippen LogP contribution in [0.3, 0.4) is 0 Å². The van der Waals surface area contributed by atoms with Gasteiger partial charge in [-0.3, -0.25) is 9.59 Å². The van der Waals surface area contributed by atoms with Gasteiger partial charge in [-0.25, -0.2) is 0 Å². The second-order valence-electron chi connectivity index (χ2n) is 6.76. The van der Waals surface area contributed by atoms with Gasteiger partial charge >= 0.3 is 0 Å². The van der Waals surface area contributed by atoms with Crippen molar-refractivity contribution in [3.05, 3.63) is 63.6 Å². The number of hydrogen-bond acceptors (Lipinski definition) is 3. The van der Waals surface area contributed by atoms with E-state index in [1.807, 2.05) is 30.3 Å². The van der Waals surface area contributed by atoms with E-state index in [9.17, 15) is 9.59 Å². The number of nitrogens with one attached hydrogen (secondary N) is 1. The van der Waals surface area contributed by atoms with E-state index in [0.29, 0.717) is 36.1 Å². The maximum atomic E-state index is 12.5. The van der Waals surface area contributed by atoms with E-state index in [-0.39, 0.29) is 24.2 Å². The van der Waals surface area contributed by atoms with Gasteiger partial charge in [-0.05, 0) is 30.2 Å². The third-order valence-electron chi connectivity index (χ3n) is 4.85. The molecule has 0 radical (unpaired) electrons. The van der Waals surface area contributed by atoms with Gasteiger partial charge < -0.3 is 15.0 Å². The molecule has 0 unspecified atom stereocenters. The molecule has 28 heavy (non-hydrogen) atoms. The summed E-state index contributed by atoms with van der Waals surface area (Å²) >= 11 is 12.0. The van der Waals surface area contributed by atoms with Gasteiger partial charge in [-0.15, -0.1) is 0 Å². The SMILES string of the molecule is COc1ccccc1CN1C[C@@H](C(=O)NCCc2ccc(Cl)cc2Cl)CC1=O. The van der Waals surface area contributed by atoms with Gasteiger partial charge in [0.1, 0.15) is 5.75 Å². The van der Waals surface area contributed by atoms with Crippen LogP contribution in [0.15, 0.2) is 42.5 Å². The van der Waals surface area contributed by atoms with Crippen LogP contribution in [0, 0.1) is 5.92 Å². The molecule has 0 aromatic heterocycles. The maximum Gasteiger partial charge on any atom is 0.225 e. The summed E-state index contributed by atoms with van der Waals surface area (Å²) < 4.78 is 5.34. The minimum absolute atomic E-state index is 0.0215. The van der Waals surface area contributed by atoms with Gasteiger partial charge in [0.05, 0.1) is 13.0 Å². The van der Waals surface area contributed by atoms with Gasteiger partial charge in [0.15, 0.2) is 0 Å². The number of benzene rings is 2. The lowest BCUT2D eigenvalue weighted by molar-refractivity contribution is -0.129. The molecule has 3 rings (SSSR count). The van der Waals surface area contributed by atoms with Gasteiger partial charge in [-0.2, -0.15) is 0 Å². The van der Waals surface area contributed by atoms with Crippen LogP contribution in [0.25, 0.3) is 0 Å². The maximum absolute atomic E-state index is 12.5. The van der Waals surface area contributed by atoms with Gasteiger partial charge in [0, 0.05) is 41.7 Å². The molecule has 0 spiro atoms. The Morgan fingerprint density at radius 2 is 2.00 bits per heavy atom. The first-order valence-corrected chi connectivity index (χ1v) is 9.85. The van der Waals surface area contributed by atoms with Crippen molar-refractivity contribution in [2.75, 3.05) is 20.2 Å². The number of hydrogen-bond donors (Lipinski definition) is 1. The lowest BCUT2D eigenvalue weighted by Crippen LogP contribution is -2.34. The highest BCUT2D eigenvalue weighted by Gasteiger charge is 2.34. The zero-order chi connectivity index (χ0) is 20.1. The highest BCUT2D eigenvalue weighted by atomic mass is 35.5. The smallest absolute Gasteiger partial charge is 0.225 e. The fourth-order valence-electron chi connectivity index (χ4n) is 3.33. The average Bonchev–Trinajstić information content (AvgIpc) is 3.04. The van der Waals surface area contributed by atoms with Crippen molar-refractivity contribution in [2.24, 2.45) is 5.92 Å². The molecule has 1 N–H and O–H groups in total. The van der Waals surface area contributed by atoms with Crippen LogP contribution in [-0.2, 0) is 22.6 Å². The Labute approximate surface area is 174 Å². The van der Waals surface area contributed by atoms with Crippen LogP contribution in [0.4, 0.5) is 0 Å². The molecule has 2 aromatic carbocycles. The minimum Gasteiger partial charge on any atom is -0.496 e. The largest absolute Gasteiger partial charge is 0.496 e. The lowest BCUT2D eigenvalue weighted by Gasteiger charge is -2.18. The van der Waals surface area contributed by atoms with Crippen LogP contribution in [0.1, 0.15) is 17.5 Å². The van der Waals surface area contributed by atoms with Crippen LogP contribution in [0.2, 0.25) is 10.0 Å². The van der Waals surface area contributed by atoms with Crippen molar-refractivity contribution in [3.63, 3.8) is 0 Å². The first kappa shape index (κ1) is 20.5. The molecule has 1 saturated heterocycles. The normalized spacial score (nSPS) is 16.3. The number of methoxy groups -OCH3 is 1. The number of nitrogens with zero attached hydrogens (tertiary/aromatic N) is 1. The Kier molecular flexibility index (Phi) is 6.81.